The van der Waals surface area contributed by atoms with Gasteiger partial charge in [-0.2, -0.15) is 29.9 Å². The summed E-state index contributed by atoms with van der Waals surface area (Å²) in [5, 5.41) is 11.3. The Labute approximate surface area is 433 Å². The van der Waals surface area contributed by atoms with Crippen LogP contribution in [0.15, 0.2) is 85.2 Å². The Kier molecular flexibility index (Phi) is 23.0. The number of anilines is 2. The van der Waals surface area contributed by atoms with Crippen molar-refractivity contribution in [1.29, 1.82) is 0 Å². The van der Waals surface area contributed by atoms with Crippen molar-refractivity contribution < 1.29 is 28.4 Å². The van der Waals surface area contributed by atoms with Crippen molar-refractivity contribution >= 4 is 71.1 Å². The molecule has 0 radical (unpaired) electrons. The monoisotopic (exact) mass is 1030 g/mol. The number of aromatic nitrogens is 8. The highest BCUT2D eigenvalue weighted by molar-refractivity contribution is 6.62. The molecule has 3 fully saturated rings. The fourth-order valence-corrected chi connectivity index (χ4v) is 6.85. The van der Waals surface area contributed by atoms with Crippen LogP contribution < -0.4 is 36.2 Å². The number of rotatable bonds is 10. The molecule has 6 aromatic rings. The van der Waals surface area contributed by atoms with Gasteiger partial charge in [0.1, 0.15) is 23.6 Å². The van der Waals surface area contributed by atoms with Crippen molar-refractivity contribution in [3.63, 3.8) is 0 Å². The topological polar surface area (TPSA) is 222 Å². The summed E-state index contributed by atoms with van der Waals surface area (Å²) in [6, 6.07) is 21.8. The minimum Gasteiger partial charge on any atom is -0.439 e. The molecule has 2 atom stereocenters. The molecule has 3 aliphatic rings. The van der Waals surface area contributed by atoms with Crippen LogP contribution in [-0.2, 0) is 18.9 Å². The second-order valence-electron chi connectivity index (χ2n) is 16.2. The van der Waals surface area contributed by atoms with Crippen molar-refractivity contribution in [3.05, 3.63) is 112 Å². The molecule has 2 aromatic carbocycles. The molecule has 0 bridgehead atoms. The highest BCUT2D eigenvalue weighted by Crippen LogP contribution is 2.36. The lowest BCUT2D eigenvalue weighted by Gasteiger charge is -2.32. The van der Waals surface area contributed by atoms with Crippen molar-refractivity contribution in [2.24, 2.45) is 0 Å². The van der Waals surface area contributed by atoms with Gasteiger partial charge in [0.25, 0.3) is 0 Å². The van der Waals surface area contributed by atoms with Crippen molar-refractivity contribution in [2.45, 2.75) is 115 Å². The van der Waals surface area contributed by atoms with Gasteiger partial charge >= 0.3 is 7.12 Å². The van der Waals surface area contributed by atoms with E-state index in [0.717, 1.165) is 27.9 Å². The largest absolute Gasteiger partial charge is 0.494 e. The van der Waals surface area contributed by atoms with Crippen LogP contribution in [0.25, 0.3) is 11.4 Å². The summed E-state index contributed by atoms with van der Waals surface area (Å²) in [5.41, 5.74) is 3.22. The minimum absolute atomic E-state index is 0. The molecule has 0 spiro atoms. The summed E-state index contributed by atoms with van der Waals surface area (Å²) in [5.74, 6) is 3.20. The molecule has 2 amide bonds. The Morgan fingerprint density at radius 2 is 0.986 bits per heavy atom. The van der Waals surface area contributed by atoms with E-state index >= 15 is 0 Å². The Balaban J connectivity index is 0.000000367. The summed E-state index contributed by atoms with van der Waals surface area (Å²) in [4.78, 5) is 55.2. The highest BCUT2D eigenvalue weighted by Gasteiger charge is 2.51. The quantitative estimate of drug-likeness (QED) is 0.0937. The molecule has 0 unspecified atom stereocenters. The van der Waals surface area contributed by atoms with Crippen LogP contribution >= 0.6 is 34.8 Å². The third-order valence-corrected chi connectivity index (χ3v) is 11.1. The van der Waals surface area contributed by atoms with Crippen LogP contribution in [0.2, 0.25) is 15.9 Å². The van der Waals surface area contributed by atoms with Crippen LogP contribution in [-0.4, -0.2) is 95.2 Å². The minimum atomic E-state index is -0.371. The number of nitrogens with one attached hydrogen (secondary N) is 4. The zero-order chi connectivity index (χ0) is 47.0. The van der Waals surface area contributed by atoms with Gasteiger partial charge in [-0.25, -0.2) is 9.97 Å². The number of carbonyl (C=O) groups is 2. The number of aryl methyl sites for hydroxylation is 2. The molecule has 382 valence electrons. The predicted molar refractivity (Wildman–Crippen MR) is 284 cm³/mol. The van der Waals surface area contributed by atoms with E-state index in [1.165, 1.54) is 0 Å². The van der Waals surface area contributed by atoms with Crippen LogP contribution in [0, 0.1) is 13.8 Å². The molecule has 22 heteroatoms. The van der Waals surface area contributed by atoms with Gasteiger partial charge in [0.2, 0.25) is 51.3 Å². The van der Waals surface area contributed by atoms with Gasteiger partial charge in [0.15, 0.2) is 5.82 Å². The van der Waals surface area contributed by atoms with Crippen LogP contribution in [0.1, 0.15) is 88.8 Å². The lowest BCUT2D eigenvalue weighted by Crippen LogP contribution is -2.41. The number of carbonyl (C=O) groups excluding carboxylic acids is 2. The summed E-state index contributed by atoms with van der Waals surface area (Å²) in [7, 11) is -0.355. The number of benzene rings is 2. The van der Waals surface area contributed by atoms with E-state index in [9.17, 15) is 9.59 Å². The fraction of sp³-hybridized carbons (Fsp3) is 0.388. The third-order valence-electron chi connectivity index (χ3n) is 10.6. The fourth-order valence-electron chi connectivity index (χ4n) is 6.32. The molecular weight excluding hydrogens is 970 g/mol. The molecular formula is C49H66BCl3N12O6. The van der Waals surface area contributed by atoms with E-state index in [0.29, 0.717) is 49.3 Å². The van der Waals surface area contributed by atoms with Crippen molar-refractivity contribution in [1.82, 2.24) is 50.5 Å². The van der Waals surface area contributed by atoms with Gasteiger partial charge < -0.3 is 40.0 Å². The summed E-state index contributed by atoms with van der Waals surface area (Å²) < 4.78 is 23.6. The number of nitrogens with zero attached hydrogens (tertiary/aromatic N) is 8. The first-order valence-electron chi connectivity index (χ1n) is 20.8. The number of halogens is 3. The summed E-state index contributed by atoms with van der Waals surface area (Å²) in [6.07, 6.45) is 4.88. The molecule has 7 heterocycles. The number of amides is 2. The Morgan fingerprint density at radius 1 is 0.577 bits per heavy atom. The van der Waals surface area contributed by atoms with Gasteiger partial charge in [0, 0.05) is 43.2 Å². The SMILES string of the molecule is C.C.C.C.C.Cc1ccc(Oc2ccc(-c3nc(Cl)nc(N[C@H]4CCNC4=O)n3)cc2)nc1.Cc1ccc(Oc2ccc(B3OC(C)(C)C(C)(C)O3)cc2)nc1.O=C1NCC[C@@H]1Nc1nc(Cl)nc(Cl)n1. The first-order valence-corrected chi connectivity index (χ1v) is 22.0. The maximum absolute atomic E-state index is 11.7. The van der Waals surface area contributed by atoms with Crippen molar-refractivity contribution in [2.75, 3.05) is 23.7 Å². The van der Waals surface area contributed by atoms with Gasteiger partial charge in [-0.1, -0.05) is 61.4 Å². The van der Waals surface area contributed by atoms with Gasteiger partial charge in [-0.05, 0) is 142 Å². The maximum atomic E-state index is 11.7. The molecule has 71 heavy (non-hydrogen) atoms. The average Bonchev–Trinajstić information content (AvgIpc) is 3.94. The van der Waals surface area contributed by atoms with Gasteiger partial charge in [0.05, 0.1) is 11.2 Å². The molecule has 4 N–H and O–H groups in total. The summed E-state index contributed by atoms with van der Waals surface area (Å²) >= 11 is 17.2. The van der Waals surface area contributed by atoms with Gasteiger partial charge in [-0.3, -0.25) is 9.59 Å². The molecule has 3 aliphatic heterocycles. The zero-order valence-corrected chi connectivity index (χ0v) is 39.1. The maximum Gasteiger partial charge on any atom is 0.494 e. The van der Waals surface area contributed by atoms with E-state index in [4.69, 9.17) is 53.6 Å². The van der Waals surface area contributed by atoms with E-state index in [1.807, 2.05) is 102 Å². The van der Waals surface area contributed by atoms with E-state index < -0.39 is 0 Å². The van der Waals surface area contributed by atoms with Gasteiger partial charge in [-0.15, -0.1) is 0 Å². The zero-order valence-electron chi connectivity index (χ0n) is 36.8. The Morgan fingerprint density at radius 3 is 1.38 bits per heavy atom. The first-order chi connectivity index (χ1) is 31.5. The van der Waals surface area contributed by atoms with E-state index in [-0.39, 0.29) is 107 Å². The lowest BCUT2D eigenvalue weighted by molar-refractivity contribution is -0.120. The predicted octanol–water partition coefficient (Wildman–Crippen LogP) is 10.1. The lowest BCUT2D eigenvalue weighted by atomic mass is 9.79. The third kappa shape index (κ3) is 16.7. The van der Waals surface area contributed by atoms with Crippen molar-refractivity contribution in [3.8, 4) is 34.6 Å². The number of pyridine rings is 2. The molecule has 9 rings (SSSR count). The van der Waals surface area contributed by atoms with E-state index in [1.54, 1.807) is 24.5 Å². The summed E-state index contributed by atoms with van der Waals surface area (Å²) in [6.45, 7) is 13.4. The second kappa shape index (κ2) is 26.8. The smallest absolute Gasteiger partial charge is 0.439 e. The normalized spacial score (nSPS) is 16.7. The second-order valence-corrected chi connectivity index (χ2v) is 17.2. The van der Waals surface area contributed by atoms with E-state index in [2.05, 4.69) is 61.1 Å². The van der Waals surface area contributed by atoms with Crippen LogP contribution in [0.3, 0.4) is 0 Å². The first kappa shape index (κ1) is 60.9. The van der Waals surface area contributed by atoms with Crippen LogP contribution in [0.4, 0.5) is 11.9 Å². The molecule has 0 saturated carbocycles. The Bertz CT molecular complexity index is 2600. The molecule has 4 aromatic heterocycles. The standard InChI is InChI=1S/C19H17ClN6O2.C18H22BNO3.C7H7Cl2N5O.5CH4/c1-11-2-7-15(22-10-11)28-13-5-3-12(4-6-13)16-24-18(20)26-19(25-16)23-14-8-9-21-17(14)27;1-13-6-11-16(20-12-13)21-15-9-7-14(8-10-15)19-22-17(2,3)18(4,5)23-19;8-5-12-6(9)14-7(13-5)11-3-1-2-10-4(3)15;;;;;/h2-7,10,14H,8-9H2,1H3,(H,21,27)(H,23,24,25,26);6-12H,1-5H3;3H,1-2H2,(H,10,15)(H,11,12,13,14);5*1H4/t14-;;3-;;;;;/m0.0...../s1. The molecule has 18 nitrogen and oxygen atoms in total. The number of ether oxygens (including phenoxy) is 2. The molecule has 3 saturated heterocycles. The number of hydrogen-bond donors (Lipinski definition) is 4. The highest BCUT2D eigenvalue weighted by atomic mass is 35.5. The molecule has 0 aliphatic carbocycles. The average molecular weight is 1040 g/mol. The number of hydrogen-bond acceptors (Lipinski definition) is 16. The Hall–Kier alpha value is -6.25. The van der Waals surface area contributed by atoms with Crippen LogP contribution in [0.5, 0.6) is 23.3 Å².